The minimum absolute atomic E-state index is 0.0551. The molecule has 0 spiro atoms. The van der Waals surface area contributed by atoms with E-state index >= 15 is 0 Å². The van der Waals surface area contributed by atoms with E-state index in [-0.39, 0.29) is 18.0 Å². The molecule has 2 fully saturated rings. The number of carboxylic acid groups (broad SMARTS) is 1. The Balaban J connectivity index is 1.28. The Bertz CT molecular complexity index is 1530. The normalized spacial score (nSPS) is 19.6. The lowest BCUT2D eigenvalue weighted by Gasteiger charge is -2.32. The molecule has 0 radical (unpaired) electrons. The van der Waals surface area contributed by atoms with E-state index in [4.69, 9.17) is 9.72 Å². The van der Waals surface area contributed by atoms with Crippen molar-refractivity contribution in [3.05, 3.63) is 47.2 Å². The summed E-state index contributed by atoms with van der Waals surface area (Å²) in [6, 6.07) is 10.1. The summed E-state index contributed by atoms with van der Waals surface area (Å²) in [4.78, 5) is 17.5. The van der Waals surface area contributed by atoms with Crippen LogP contribution in [0.3, 0.4) is 0 Å². The topological polar surface area (TPSA) is 142 Å². The fraction of sp³-hybridized carbons (Fsp3) is 0.385. The van der Waals surface area contributed by atoms with Crippen LogP contribution in [0.15, 0.2) is 36.7 Å². The number of nitriles is 1. The lowest BCUT2D eigenvalue weighted by Crippen LogP contribution is -2.40. The average molecular weight is 531 g/mol. The second-order valence-electron chi connectivity index (χ2n) is 9.75. The van der Waals surface area contributed by atoms with E-state index in [0.29, 0.717) is 18.8 Å². The molecule has 1 amide bonds. The molecule has 1 saturated carbocycles. The van der Waals surface area contributed by atoms with E-state index < -0.39 is 6.09 Å². The predicted molar refractivity (Wildman–Crippen MR) is 141 cm³/mol. The van der Waals surface area contributed by atoms with Gasteiger partial charge < -0.3 is 20.1 Å². The van der Waals surface area contributed by atoms with Crippen LogP contribution in [0.25, 0.3) is 27.5 Å². The van der Waals surface area contributed by atoms with Crippen LogP contribution in [0.1, 0.15) is 42.2 Å². The average Bonchev–Trinajstić information content (AvgIpc) is 3.57. The third-order valence-electron chi connectivity index (χ3n) is 7.36. The Morgan fingerprint density at radius 2 is 2.03 bits per heavy atom. The van der Waals surface area contributed by atoms with E-state index in [2.05, 4.69) is 26.7 Å². The lowest BCUT2D eigenvalue weighted by molar-refractivity contribution is 0.0211. The van der Waals surface area contributed by atoms with Crippen molar-refractivity contribution in [1.82, 2.24) is 29.7 Å². The number of anilines is 1. The summed E-state index contributed by atoms with van der Waals surface area (Å²) >= 11 is 1.57. The first-order valence-electron chi connectivity index (χ1n) is 12.5. The standard InChI is InChI=1S/C26H26N8O3S/c1-33(26(35)36)18-4-2-16(3-5-18)24-31-32-25(38-24)20-12-28-22(9-21(20)30-17-13-37-14-17)23-7-6-19-8-15(10-27)11-29-34(19)23/h6-9,11-12,16-18H,2-5,13-14H2,1H3,(H,28,30)(H,35,36)/t16-,18+. The predicted octanol–water partition coefficient (Wildman–Crippen LogP) is 4.23. The van der Waals surface area contributed by atoms with Crippen molar-refractivity contribution in [2.75, 3.05) is 25.6 Å². The minimum atomic E-state index is -0.879. The smallest absolute Gasteiger partial charge is 0.407 e. The summed E-state index contributed by atoms with van der Waals surface area (Å²) in [6.07, 6.45) is 5.91. The molecule has 12 heteroatoms. The fourth-order valence-corrected chi connectivity index (χ4v) is 6.09. The van der Waals surface area contributed by atoms with E-state index in [1.54, 1.807) is 35.2 Å². The van der Waals surface area contributed by atoms with Gasteiger partial charge in [-0.15, -0.1) is 10.2 Å². The highest BCUT2D eigenvalue weighted by molar-refractivity contribution is 7.14. The van der Waals surface area contributed by atoms with Crippen molar-refractivity contribution in [2.45, 2.75) is 43.7 Å². The van der Waals surface area contributed by atoms with Crippen LogP contribution in [0.5, 0.6) is 0 Å². The quantitative estimate of drug-likeness (QED) is 0.374. The third-order valence-corrected chi connectivity index (χ3v) is 8.48. The molecule has 0 aromatic carbocycles. The molecule has 2 aliphatic rings. The van der Waals surface area contributed by atoms with Crippen LogP contribution in [-0.4, -0.2) is 73.2 Å². The van der Waals surface area contributed by atoms with Gasteiger partial charge in [0.25, 0.3) is 0 Å². The highest BCUT2D eigenvalue weighted by Crippen LogP contribution is 2.40. The first-order valence-corrected chi connectivity index (χ1v) is 13.3. The first-order chi connectivity index (χ1) is 18.5. The van der Waals surface area contributed by atoms with Crippen LogP contribution >= 0.6 is 11.3 Å². The van der Waals surface area contributed by atoms with Gasteiger partial charge in [0.2, 0.25) is 0 Å². The summed E-state index contributed by atoms with van der Waals surface area (Å²) in [5, 5.41) is 37.3. The zero-order valence-corrected chi connectivity index (χ0v) is 21.6. The van der Waals surface area contributed by atoms with Crippen LogP contribution < -0.4 is 5.32 Å². The first kappa shape index (κ1) is 24.3. The number of pyridine rings is 1. The molecule has 194 valence electrons. The molecule has 5 heterocycles. The van der Waals surface area contributed by atoms with Gasteiger partial charge in [0, 0.05) is 30.9 Å². The van der Waals surface area contributed by atoms with E-state index in [1.165, 1.54) is 4.90 Å². The highest BCUT2D eigenvalue weighted by Gasteiger charge is 2.29. The van der Waals surface area contributed by atoms with Gasteiger partial charge in [0.1, 0.15) is 11.1 Å². The van der Waals surface area contributed by atoms with E-state index in [0.717, 1.165) is 63.9 Å². The Hall–Kier alpha value is -4.08. The monoisotopic (exact) mass is 530 g/mol. The van der Waals surface area contributed by atoms with Gasteiger partial charge in [-0.05, 0) is 49.9 Å². The zero-order valence-electron chi connectivity index (χ0n) is 20.7. The van der Waals surface area contributed by atoms with Crippen molar-refractivity contribution >= 4 is 28.6 Å². The highest BCUT2D eigenvalue weighted by atomic mass is 32.1. The van der Waals surface area contributed by atoms with Crippen LogP contribution in [-0.2, 0) is 4.74 Å². The summed E-state index contributed by atoms with van der Waals surface area (Å²) < 4.78 is 7.15. The largest absolute Gasteiger partial charge is 0.465 e. The molecule has 1 aliphatic carbocycles. The van der Waals surface area contributed by atoms with Crippen molar-refractivity contribution in [3.63, 3.8) is 0 Å². The third kappa shape index (κ3) is 4.55. The SMILES string of the molecule is CN(C(=O)O)[C@H]1CC[C@@H](c2nnc(-c3cnc(-c4ccc5cc(C#N)cnn45)cc3NC3COC3)s2)CC1. The number of rotatable bonds is 6. The molecular weight excluding hydrogens is 504 g/mol. The summed E-state index contributed by atoms with van der Waals surface area (Å²) in [5.74, 6) is 0.278. The fourth-order valence-electron chi connectivity index (χ4n) is 5.05. The number of aromatic nitrogens is 5. The summed E-state index contributed by atoms with van der Waals surface area (Å²) in [6.45, 7) is 1.28. The Morgan fingerprint density at radius 3 is 2.74 bits per heavy atom. The maximum Gasteiger partial charge on any atom is 0.407 e. The van der Waals surface area contributed by atoms with Crippen LogP contribution in [0.4, 0.5) is 10.5 Å². The van der Waals surface area contributed by atoms with Crippen molar-refractivity contribution < 1.29 is 14.6 Å². The maximum atomic E-state index is 11.3. The number of nitrogens with one attached hydrogen (secondary N) is 1. The second kappa shape index (κ2) is 10.00. The molecule has 4 aromatic heterocycles. The number of hydrogen-bond acceptors (Lipinski definition) is 9. The molecule has 0 bridgehead atoms. The molecule has 11 nitrogen and oxygen atoms in total. The maximum absolute atomic E-state index is 11.3. The number of fused-ring (bicyclic) bond motifs is 1. The number of hydrogen-bond donors (Lipinski definition) is 2. The van der Waals surface area contributed by atoms with Crippen LogP contribution in [0, 0.1) is 11.3 Å². The molecule has 0 unspecified atom stereocenters. The van der Waals surface area contributed by atoms with E-state index in [9.17, 15) is 15.2 Å². The molecule has 2 N–H and O–H groups in total. The van der Waals surface area contributed by atoms with E-state index in [1.807, 2.05) is 24.4 Å². The van der Waals surface area contributed by atoms with Gasteiger partial charge in [-0.2, -0.15) is 10.4 Å². The van der Waals surface area contributed by atoms with Gasteiger partial charge >= 0.3 is 6.09 Å². The second-order valence-corrected chi connectivity index (χ2v) is 10.8. The molecule has 6 rings (SSSR count). The molecule has 4 aromatic rings. The van der Waals surface area contributed by atoms with Crippen molar-refractivity contribution in [3.8, 4) is 28.0 Å². The van der Waals surface area contributed by atoms with Gasteiger partial charge in [-0.3, -0.25) is 4.98 Å². The Kier molecular flexibility index (Phi) is 6.39. The number of amides is 1. The zero-order chi connectivity index (χ0) is 26.2. The lowest BCUT2D eigenvalue weighted by atomic mass is 9.86. The number of ether oxygens (including phenoxy) is 1. The number of carbonyl (C=O) groups is 1. The molecule has 0 atom stereocenters. The summed E-state index contributed by atoms with van der Waals surface area (Å²) in [5.41, 5.74) is 4.69. The molecule has 1 saturated heterocycles. The molecule has 38 heavy (non-hydrogen) atoms. The molecule has 1 aliphatic heterocycles. The van der Waals surface area contributed by atoms with Crippen molar-refractivity contribution in [2.24, 2.45) is 0 Å². The van der Waals surface area contributed by atoms with Gasteiger partial charge in [0.15, 0.2) is 5.01 Å². The van der Waals surface area contributed by atoms with Gasteiger partial charge in [0.05, 0.1) is 53.5 Å². The summed E-state index contributed by atoms with van der Waals surface area (Å²) in [7, 11) is 1.64. The molecular formula is C26H26N8O3S. The van der Waals surface area contributed by atoms with Gasteiger partial charge in [-0.1, -0.05) is 11.3 Å². The Morgan fingerprint density at radius 1 is 1.21 bits per heavy atom. The van der Waals surface area contributed by atoms with Crippen LogP contribution in [0.2, 0.25) is 0 Å². The number of nitrogens with zero attached hydrogens (tertiary/aromatic N) is 7. The van der Waals surface area contributed by atoms with Crippen molar-refractivity contribution in [1.29, 1.82) is 5.26 Å². The Labute approximate surface area is 222 Å². The van der Waals surface area contributed by atoms with Gasteiger partial charge in [-0.25, -0.2) is 9.31 Å². The minimum Gasteiger partial charge on any atom is -0.465 e.